The third-order valence-electron chi connectivity index (χ3n) is 4.96. The van der Waals surface area contributed by atoms with Gasteiger partial charge in [-0.3, -0.25) is 9.59 Å². The van der Waals surface area contributed by atoms with Crippen LogP contribution >= 0.6 is 0 Å². The zero-order chi connectivity index (χ0) is 23.3. The Balaban J connectivity index is 2.66. The van der Waals surface area contributed by atoms with E-state index in [0.717, 1.165) is 0 Å². The first kappa shape index (κ1) is 23.5. The summed E-state index contributed by atoms with van der Waals surface area (Å²) in [5.41, 5.74) is -8.17. The number of rotatable bonds is 5. The molecule has 2 N–H and O–H groups in total. The molecule has 2 rings (SSSR count). The van der Waals surface area contributed by atoms with Crippen LogP contribution in [-0.2, 0) is 9.59 Å². The molecule has 166 valence electrons. The molecule has 4 nitrogen and oxygen atoms in total. The minimum absolute atomic E-state index is 2.04. The number of carbonyl (C=O) groups is 2. The van der Waals surface area contributed by atoms with E-state index in [1.807, 2.05) is 0 Å². The summed E-state index contributed by atoms with van der Waals surface area (Å²) >= 11 is 0. The largest absolute Gasteiger partial charge is 0.480 e. The lowest BCUT2D eigenvalue weighted by Crippen LogP contribution is -2.49. The van der Waals surface area contributed by atoms with Crippen molar-refractivity contribution in [1.29, 1.82) is 0 Å². The Kier molecular flexibility index (Phi) is 5.84. The van der Waals surface area contributed by atoms with Crippen LogP contribution in [0.3, 0.4) is 0 Å². The van der Waals surface area contributed by atoms with E-state index in [1.54, 1.807) is 0 Å². The maximum absolute atomic E-state index is 14.3. The van der Waals surface area contributed by atoms with Crippen molar-refractivity contribution < 1.29 is 63.7 Å². The molecule has 0 heterocycles. The lowest BCUT2D eigenvalue weighted by atomic mass is 9.67. The van der Waals surface area contributed by atoms with Crippen molar-refractivity contribution in [2.24, 2.45) is 10.8 Å². The number of halogens is 10. The van der Waals surface area contributed by atoms with Crippen LogP contribution in [0.1, 0.15) is 12.8 Å². The number of hydrogen-bond acceptors (Lipinski definition) is 2. The van der Waals surface area contributed by atoms with E-state index >= 15 is 0 Å². The van der Waals surface area contributed by atoms with Crippen LogP contribution < -0.4 is 0 Å². The number of allylic oxidation sites excluding steroid dienone is 6. The van der Waals surface area contributed by atoms with Gasteiger partial charge in [0.25, 0.3) is 0 Å². The predicted octanol–water partition coefficient (Wildman–Crippen LogP) is 5.21. The lowest BCUT2D eigenvalue weighted by molar-refractivity contribution is -0.158. The van der Waals surface area contributed by atoms with Gasteiger partial charge in [-0.2, -0.15) is 0 Å². The molecule has 0 saturated heterocycles. The topological polar surface area (TPSA) is 74.6 Å². The standard InChI is InChI=1S/C16H8F10O4/c17-3-5(19)9(23)15(13(27)28,10(24)6(3)20)1-2-16(14(29)30)11(25)7(21)4(18)8(22)12(16)26/h9,11H,1-2H2,(H,27,28)(H,29,30). The second kappa shape index (κ2) is 7.47. The minimum Gasteiger partial charge on any atom is -0.480 e. The molecule has 0 aliphatic heterocycles. The molecule has 0 aromatic heterocycles. The number of aliphatic carboxylic acids is 2. The third-order valence-corrected chi connectivity index (χ3v) is 4.96. The maximum atomic E-state index is 14.3. The number of carboxylic acids is 2. The van der Waals surface area contributed by atoms with E-state index in [0.29, 0.717) is 0 Å². The van der Waals surface area contributed by atoms with Crippen molar-refractivity contribution in [2.45, 2.75) is 25.2 Å². The third kappa shape index (κ3) is 2.83. The van der Waals surface area contributed by atoms with E-state index in [9.17, 15) is 53.5 Å². The molecule has 4 atom stereocenters. The van der Waals surface area contributed by atoms with Gasteiger partial charge in [0.2, 0.25) is 0 Å². The van der Waals surface area contributed by atoms with Gasteiger partial charge in [0, 0.05) is 0 Å². The normalized spacial score (nSPS) is 32.9. The maximum Gasteiger partial charge on any atom is 0.320 e. The summed E-state index contributed by atoms with van der Waals surface area (Å²) in [7, 11) is 0. The monoisotopic (exact) mass is 454 g/mol. The highest BCUT2D eigenvalue weighted by atomic mass is 19.2. The smallest absolute Gasteiger partial charge is 0.320 e. The Morgan fingerprint density at radius 3 is 1.13 bits per heavy atom. The summed E-state index contributed by atoms with van der Waals surface area (Å²) in [6, 6.07) is 0. The van der Waals surface area contributed by atoms with Gasteiger partial charge in [-0.1, -0.05) is 0 Å². The first-order chi connectivity index (χ1) is 13.7. The number of alkyl halides is 2. The fourth-order valence-electron chi connectivity index (χ4n) is 3.16. The van der Waals surface area contributed by atoms with Crippen molar-refractivity contribution >= 4 is 11.9 Å². The molecule has 2 aliphatic rings. The first-order valence-electron chi connectivity index (χ1n) is 7.67. The number of hydrogen-bond donors (Lipinski definition) is 2. The first-order valence-corrected chi connectivity index (χ1v) is 7.67. The molecule has 0 spiro atoms. The molecule has 4 unspecified atom stereocenters. The van der Waals surface area contributed by atoms with Crippen molar-refractivity contribution in [2.75, 3.05) is 0 Å². The quantitative estimate of drug-likeness (QED) is 0.560. The highest BCUT2D eigenvalue weighted by molar-refractivity contribution is 5.83. The molecule has 0 amide bonds. The van der Waals surface area contributed by atoms with E-state index in [4.69, 9.17) is 10.2 Å². The molecular formula is C16H8F10O4. The molecule has 0 fully saturated rings. The molecule has 0 bridgehead atoms. The fraction of sp³-hybridized carbons (Fsp3) is 0.375. The van der Waals surface area contributed by atoms with Crippen molar-refractivity contribution in [3.63, 3.8) is 0 Å². The molecular weight excluding hydrogens is 446 g/mol. The SMILES string of the molecule is O=C(O)C1(CCC2(C(=O)O)C(F)=C(F)C(F)=C(F)C2F)C(F)=C(F)C(F)=C(F)C1F. The van der Waals surface area contributed by atoms with Gasteiger partial charge >= 0.3 is 11.9 Å². The molecule has 2 aliphatic carbocycles. The molecule has 0 radical (unpaired) electrons. The predicted molar refractivity (Wildman–Crippen MR) is 76.1 cm³/mol. The van der Waals surface area contributed by atoms with Crippen LogP contribution in [0.15, 0.2) is 46.6 Å². The summed E-state index contributed by atoms with van der Waals surface area (Å²) in [6.45, 7) is 0. The van der Waals surface area contributed by atoms with Gasteiger partial charge in [-0.15, -0.1) is 0 Å². The average Bonchev–Trinajstić information content (AvgIpc) is 2.69. The Morgan fingerprint density at radius 1 is 0.633 bits per heavy atom. The van der Waals surface area contributed by atoms with E-state index in [2.05, 4.69) is 0 Å². The van der Waals surface area contributed by atoms with E-state index in [1.165, 1.54) is 0 Å². The summed E-state index contributed by atoms with van der Waals surface area (Å²) < 4.78 is 137. The molecule has 14 heteroatoms. The summed E-state index contributed by atoms with van der Waals surface area (Å²) in [5.74, 6) is -27.8. The molecule has 0 aromatic rings. The van der Waals surface area contributed by atoms with Gasteiger partial charge < -0.3 is 10.2 Å². The van der Waals surface area contributed by atoms with Gasteiger partial charge in [0.15, 0.2) is 69.8 Å². The zero-order valence-electron chi connectivity index (χ0n) is 14.1. The van der Waals surface area contributed by atoms with Crippen LogP contribution in [0.4, 0.5) is 43.9 Å². The highest BCUT2D eigenvalue weighted by Gasteiger charge is 2.63. The Labute approximate surface area is 159 Å². The summed E-state index contributed by atoms with van der Waals surface area (Å²) in [4.78, 5) is 22.9. The van der Waals surface area contributed by atoms with Crippen molar-refractivity contribution in [3.8, 4) is 0 Å². The zero-order valence-corrected chi connectivity index (χ0v) is 14.1. The second-order valence-corrected chi connectivity index (χ2v) is 6.36. The van der Waals surface area contributed by atoms with Crippen LogP contribution in [0, 0.1) is 10.8 Å². The van der Waals surface area contributed by atoms with Gasteiger partial charge in [-0.05, 0) is 12.8 Å². The van der Waals surface area contributed by atoms with Crippen molar-refractivity contribution in [1.82, 2.24) is 0 Å². The Bertz CT molecular complexity index is 876. The Hall–Kier alpha value is -2.80. The number of carboxylic acid groups (broad SMARTS) is 2. The average molecular weight is 454 g/mol. The van der Waals surface area contributed by atoms with Gasteiger partial charge in [0.05, 0.1) is 0 Å². The summed E-state index contributed by atoms with van der Waals surface area (Å²) in [6.07, 6.45) is -11.8. The van der Waals surface area contributed by atoms with Gasteiger partial charge in [0.1, 0.15) is 0 Å². The van der Waals surface area contributed by atoms with E-state index < -0.39 is 94.6 Å². The minimum atomic E-state index is -4.08. The Morgan fingerprint density at radius 2 is 0.900 bits per heavy atom. The van der Waals surface area contributed by atoms with Crippen LogP contribution in [0.25, 0.3) is 0 Å². The fourth-order valence-corrected chi connectivity index (χ4v) is 3.16. The van der Waals surface area contributed by atoms with Crippen LogP contribution in [-0.4, -0.2) is 34.5 Å². The van der Waals surface area contributed by atoms with Crippen LogP contribution in [0.2, 0.25) is 0 Å². The van der Waals surface area contributed by atoms with Crippen LogP contribution in [0.5, 0.6) is 0 Å². The van der Waals surface area contributed by atoms with E-state index in [-0.39, 0.29) is 0 Å². The molecule has 0 aromatic carbocycles. The second-order valence-electron chi connectivity index (χ2n) is 6.36. The summed E-state index contributed by atoms with van der Waals surface area (Å²) in [5, 5.41) is 18.2. The van der Waals surface area contributed by atoms with Crippen molar-refractivity contribution in [3.05, 3.63) is 46.6 Å². The molecule has 0 saturated carbocycles. The highest BCUT2D eigenvalue weighted by Crippen LogP contribution is 2.56. The lowest BCUT2D eigenvalue weighted by Gasteiger charge is -2.38. The molecule has 30 heavy (non-hydrogen) atoms. The van der Waals surface area contributed by atoms with Gasteiger partial charge in [-0.25, -0.2) is 43.9 Å².